The van der Waals surface area contributed by atoms with E-state index in [-0.39, 0.29) is 47.8 Å². The first-order chi connectivity index (χ1) is 18.7. The minimum Gasteiger partial charge on any atom is -0.490 e. The number of halogens is 2. The van der Waals surface area contributed by atoms with Crippen LogP contribution in [0.25, 0.3) is 0 Å². The van der Waals surface area contributed by atoms with E-state index in [4.69, 9.17) is 9.47 Å². The highest BCUT2D eigenvalue weighted by Crippen LogP contribution is 2.33. The van der Waals surface area contributed by atoms with Crippen molar-refractivity contribution in [3.8, 4) is 5.75 Å². The van der Waals surface area contributed by atoms with Gasteiger partial charge in [0.2, 0.25) is 5.91 Å². The molecule has 39 heavy (non-hydrogen) atoms. The summed E-state index contributed by atoms with van der Waals surface area (Å²) < 4.78 is 39.1. The number of amides is 3. The molecule has 3 aliphatic rings. The summed E-state index contributed by atoms with van der Waals surface area (Å²) in [6.07, 6.45) is 0.994. The van der Waals surface area contributed by atoms with Crippen molar-refractivity contribution in [2.75, 3.05) is 52.2 Å². The fraction of sp³-hybridized carbons (Fsp3) is 0.464. The zero-order chi connectivity index (χ0) is 27.7. The summed E-state index contributed by atoms with van der Waals surface area (Å²) >= 11 is 0. The van der Waals surface area contributed by atoms with Crippen LogP contribution in [0, 0.1) is 11.6 Å². The summed E-state index contributed by atoms with van der Waals surface area (Å²) in [7, 11) is 3.75. The number of nitrogens with one attached hydrogen (secondary N) is 1. The normalized spacial score (nSPS) is 23.7. The third kappa shape index (κ3) is 5.89. The average Bonchev–Trinajstić information content (AvgIpc) is 2.92. The molecule has 0 radical (unpaired) electrons. The molecule has 0 aliphatic carbocycles. The highest BCUT2D eigenvalue weighted by molar-refractivity contribution is 6.05. The molecule has 11 heteroatoms. The number of benzene rings is 2. The van der Waals surface area contributed by atoms with Gasteiger partial charge >= 0.3 is 0 Å². The number of carbonyl (C=O) groups is 3. The molecule has 3 amide bonds. The molecule has 2 fully saturated rings. The standard InChI is InChI=1S/C28H32F2N4O5/c1-32-9-11-34(12-10-32)26(35)15-19-5-7-23-25(39-19)16-38-24-8-4-18(14-20(24)28(37)33(23)2)31-27(36)17-3-6-21(29)22(30)13-17/h3-4,6,8,13-14,19,23,25H,5,7,9-12,15-16H2,1-2H3,(H,31,36)/t19-,23+,25-/m0/s1. The second-order valence-electron chi connectivity index (χ2n) is 10.4. The van der Waals surface area contributed by atoms with Gasteiger partial charge in [-0.2, -0.15) is 0 Å². The Morgan fingerprint density at radius 3 is 2.51 bits per heavy atom. The van der Waals surface area contributed by atoms with Gasteiger partial charge in [0.25, 0.3) is 11.8 Å². The van der Waals surface area contributed by atoms with E-state index < -0.39 is 17.5 Å². The number of anilines is 1. The van der Waals surface area contributed by atoms with Crippen LogP contribution in [0.4, 0.5) is 14.5 Å². The van der Waals surface area contributed by atoms with Gasteiger partial charge in [0.1, 0.15) is 18.5 Å². The summed E-state index contributed by atoms with van der Waals surface area (Å²) in [6.45, 7) is 3.36. The van der Waals surface area contributed by atoms with Crippen LogP contribution in [0.15, 0.2) is 36.4 Å². The van der Waals surface area contributed by atoms with Crippen LogP contribution in [-0.2, 0) is 9.53 Å². The largest absolute Gasteiger partial charge is 0.490 e. The van der Waals surface area contributed by atoms with Crippen molar-refractivity contribution in [2.24, 2.45) is 0 Å². The first kappa shape index (κ1) is 27.0. The van der Waals surface area contributed by atoms with E-state index in [2.05, 4.69) is 10.2 Å². The van der Waals surface area contributed by atoms with Gasteiger partial charge in [-0.1, -0.05) is 0 Å². The molecular formula is C28H32F2N4O5. The first-order valence-electron chi connectivity index (χ1n) is 13.1. The number of fused-ring (bicyclic) bond motifs is 2. The Hall–Kier alpha value is -3.57. The second-order valence-corrected chi connectivity index (χ2v) is 10.4. The lowest BCUT2D eigenvalue weighted by Crippen LogP contribution is -2.54. The lowest BCUT2D eigenvalue weighted by Gasteiger charge is -2.42. The maximum Gasteiger partial charge on any atom is 0.257 e. The SMILES string of the molecule is CN1CCN(C(=O)C[C@@H]2CC[C@@H]3[C@H](COc4ccc(NC(=O)c5ccc(F)c(F)c5)cc4C(=O)N3C)O2)CC1. The van der Waals surface area contributed by atoms with Crippen LogP contribution in [0.1, 0.15) is 40.0 Å². The van der Waals surface area contributed by atoms with Crippen LogP contribution >= 0.6 is 0 Å². The molecule has 0 aromatic heterocycles. The zero-order valence-electron chi connectivity index (χ0n) is 22.0. The maximum absolute atomic E-state index is 13.5. The maximum atomic E-state index is 13.5. The molecular weight excluding hydrogens is 510 g/mol. The summed E-state index contributed by atoms with van der Waals surface area (Å²) in [5, 5.41) is 2.62. The van der Waals surface area contributed by atoms with Gasteiger partial charge in [-0.3, -0.25) is 14.4 Å². The first-order valence-corrected chi connectivity index (χ1v) is 13.1. The molecule has 2 aromatic rings. The number of likely N-dealkylation sites (N-methyl/N-ethyl adjacent to an activating group) is 2. The van der Waals surface area contributed by atoms with Gasteiger partial charge in [-0.15, -0.1) is 0 Å². The molecule has 3 heterocycles. The van der Waals surface area contributed by atoms with Crippen LogP contribution in [-0.4, -0.2) is 97.6 Å². The zero-order valence-corrected chi connectivity index (χ0v) is 22.0. The average molecular weight is 543 g/mol. The van der Waals surface area contributed by atoms with Gasteiger partial charge in [-0.25, -0.2) is 8.78 Å². The second kappa shape index (κ2) is 11.3. The van der Waals surface area contributed by atoms with E-state index >= 15 is 0 Å². The number of nitrogens with zero attached hydrogens (tertiary/aromatic N) is 3. The third-order valence-electron chi connectivity index (χ3n) is 7.71. The lowest BCUT2D eigenvalue weighted by molar-refractivity contribution is -0.144. The van der Waals surface area contributed by atoms with E-state index in [1.54, 1.807) is 24.1 Å². The predicted molar refractivity (Wildman–Crippen MR) is 139 cm³/mol. The van der Waals surface area contributed by atoms with Gasteiger partial charge in [0.05, 0.1) is 24.1 Å². The van der Waals surface area contributed by atoms with Crippen LogP contribution in [0.2, 0.25) is 0 Å². The van der Waals surface area contributed by atoms with Crippen molar-refractivity contribution < 1.29 is 32.6 Å². The minimum atomic E-state index is -1.12. The number of ether oxygens (including phenoxy) is 2. The highest BCUT2D eigenvalue weighted by Gasteiger charge is 2.39. The molecule has 208 valence electrons. The molecule has 0 unspecified atom stereocenters. The van der Waals surface area contributed by atoms with Crippen LogP contribution in [0.3, 0.4) is 0 Å². The quantitative estimate of drug-likeness (QED) is 0.639. The van der Waals surface area contributed by atoms with Gasteiger partial charge in [0, 0.05) is 44.5 Å². The van der Waals surface area contributed by atoms with Crippen molar-refractivity contribution in [1.82, 2.24) is 14.7 Å². The fourth-order valence-corrected chi connectivity index (χ4v) is 5.33. The Labute approximate surface area is 225 Å². The number of rotatable bonds is 4. The number of carbonyl (C=O) groups excluding carboxylic acids is 3. The molecule has 5 rings (SSSR count). The van der Waals surface area contributed by atoms with E-state index in [9.17, 15) is 23.2 Å². The molecule has 0 saturated carbocycles. The molecule has 2 saturated heterocycles. The highest BCUT2D eigenvalue weighted by atomic mass is 19.2. The monoisotopic (exact) mass is 542 g/mol. The van der Waals surface area contributed by atoms with Gasteiger partial charge in [0.15, 0.2) is 11.6 Å². The Morgan fingerprint density at radius 1 is 1.00 bits per heavy atom. The fourth-order valence-electron chi connectivity index (χ4n) is 5.33. The lowest BCUT2D eigenvalue weighted by atomic mass is 9.94. The van der Waals surface area contributed by atoms with E-state index in [0.29, 0.717) is 43.8 Å². The minimum absolute atomic E-state index is 0.0526. The molecule has 2 aromatic carbocycles. The molecule has 0 spiro atoms. The van der Waals surface area contributed by atoms with E-state index in [0.717, 1.165) is 25.2 Å². The number of hydrogen-bond acceptors (Lipinski definition) is 6. The third-order valence-corrected chi connectivity index (χ3v) is 7.71. The topological polar surface area (TPSA) is 91.4 Å². The Kier molecular flexibility index (Phi) is 7.81. The van der Waals surface area contributed by atoms with Gasteiger partial charge < -0.3 is 29.5 Å². The molecule has 0 bridgehead atoms. The molecule has 9 nitrogen and oxygen atoms in total. The van der Waals surface area contributed by atoms with Gasteiger partial charge in [-0.05, 0) is 56.3 Å². The predicted octanol–water partition coefficient (Wildman–Crippen LogP) is 2.76. The van der Waals surface area contributed by atoms with Crippen molar-refractivity contribution in [1.29, 1.82) is 0 Å². The summed E-state index contributed by atoms with van der Waals surface area (Å²) in [6, 6.07) is 7.30. The molecule has 3 atom stereocenters. The molecule has 3 aliphatic heterocycles. The Bertz CT molecular complexity index is 1270. The summed E-state index contributed by atoms with van der Waals surface area (Å²) in [5.74, 6) is -2.67. The van der Waals surface area contributed by atoms with Crippen molar-refractivity contribution in [3.05, 3.63) is 59.2 Å². The van der Waals surface area contributed by atoms with Crippen molar-refractivity contribution in [3.63, 3.8) is 0 Å². The summed E-state index contributed by atoms with van der Waals surface area (Å²) in [5.41, 5.74) is 0.530. The van der Waals surface area contributed by atoms with Crippen LogP contribution in [0.5, 0.6) is 5.75 Å². The van der Waals surface area contributed by atoms with Crippen molar-refractivity contribution in [2.45, 2.75) is 37.5 Å². The summed E-state index contributed by atoms with van der Waals surface area (Å²) in [4.78, 5) is 44.6. The Morgan fingerprint density at radius 2 is 1.77 bits per heavy atom. The van der Waals surface area contributed by atoms with E-state index in [1.807, 2.05) is 11.9 Å². The smallest absolute Gasteiger partial charge is 0.257 e. The molecule has 1 N–H and O–H groups in total. The van der Waals surface area contributed by atoms with Crippen molar-refractivity contribution >= 4 is 23.4 Å². The Balaban J connectivity index is 1.25. The van der Waals surface area contributed by atoms with Crippen LogP contribution < -0.4 is 10.1 Å². The number of hydrogen-bond donors (Lipinski definition) is 1. The van der Waals surface area contributed by atoms with E-state index in [1.165, 1.54) is 12.1 Å². The number of piperazine rings is 1.